The monoisotopic (exact) mass is 255 g/mol. The second kappa shape index (κ2) is 4.17. The molecule has 1 N–H and O–H groups in total. The van der Waals surface area contributed by atoms with Gasteiger partial charge in [-0.15, -0.1) is 0 Å². The van der Waals surface area contributed by atoms with Crippen molar-refractivity contribution in [2.24, 2.45) is 0 Å². The summed E-state index contributed by atoms with van der Waals surface area (Å²) in [5.41, 5.74) is 2.34. The summed E-state index contributed by atoms with van der Waals surface area (Å²) in [6.07, 6.45) is 1.65. The van der Waals surface area contributed by atoms with Gasteiger partial charge in [0.1, 0.15) is 28.5 Å². The Morgan fingerprint density at radius 2 is 2.22 bits per heavy atom. The molecule has 0 amide bonds. The van der Waals surface area contributed by atoms with E-state index in [0.717, 1.165) is 21.7 Å². The first-order chi connectivity index (χ1) is 8.83. The molecule has 88 valence electrons. The molecular formula is C13H9N3OS. The second-order valence-corrected chi connectivity index (χ2v) is 4.70. The van der Waals surface area contributed by atoms with Crippen LogP contribution in [0.1, 0.15) is 4.88 Å². The molecule has 0 radical (unpaired) electrons. The first-order valence-corrected chi connectivity index (χ1v) is 6.20. The largest absolute Gasteiger partial charge is 0.464 e. The summed E-state index contributed by atoms with van der Waals surface area (Å²) in [5.74, 6) is 0. The zero-order valence-corrected chi connectivity index (χ0v) is 10.4. The second-order valence-electron chi connectivity index (χ2n) is 3.70. The molecule has 3 rings (SSSR count). The molecule has 3 aromatic rings. The SMILES string of the molecule is CNc1nc(-c2coc3ccccc23)c(C#N)s1. The molecule has 1 aromatic carbocycles. The van der Waals surface area contributed by atoms with Crippen molar-refractivity contribution in [3.8, 4) is 17.3 Å². The summed E-state index contributed by atoms with van der Waals surface area (Å²) in [7, 11) is 1.79. The summed E-state index contributed by atoms with van der Waals surface area (Å²) in [4.78, 5) is 5.01. The van der Waals surface area contributed by atoms with E-state index in [-0.39, 0.29) is 0 Å². The highest BCUT2D eigenvalue weighted by Gasteiger charge is 2.16. The van der Waals surface area contributed by atoms with Gasteiger partial charge in [0.15, 0.2) is 5.13 Å². The number of hydrogen-bond acceptors (Lipinski definition) is 5. The van der Waals surface area contributed by atoms with Crippen molar-refractivity contribution < 1.29 is 4.42 Å². The van der Waals surface area contributed by atoms with Crippen LogP contribution in [0.4, 0.5) is 5.13 Å². The Hall–Kier alpha value is -2.32. The highest BCUT2D eigenvalue weighted by atomic mass is 32.1. The fraction of sp³-hybridized carbons (Fsp3) is 0.0769. The molecule has 0 aliphatic rings. The van der Waals surface area contributed by atoms with Crippen LogP contribution >= 0.6 is 11.3 Å². The van der Waals surface area contributed by atoms with E-state index in [9.17, 15) is 0 Å². The van der Waals surface area contributed by atoms with Gasteiger partial charge in [-0.1, -0.05) is 29.5 Å². The lowest BCUT2D eigenvalue weighted by Crippen LogP contribution is -1.85. The number of nitrogens with one attached hydrogen (secondary N) is 1. The molecule has 0 aliphatic heterocycles. The van der Waals surface area contributed by atoms with Gasteiger partial charge in [0.25, 0.3) is 0 Å². The van der Waals surface area contributed by atoms with Crippen LogP contribution in [0, 0.1) is 11.3 Å². The van der Waals surface area contributed by atoms with Gasteiger partial charge in [-0.05, 0) is 6.07 Å². The standard InChI is InChI=1S/C13H9N3OS/c1-15-13-16-12(11(6-14)18-13)9-7-17-10-5-3-2-4-8(9)10/h2-5,7H,1H3,(H,15,16). The molecule has 0 atom stereocenters. The Morgan fingerprint density at radius 1 is 1.39 bits per heavy atom. The van der Waals surface area contributed by atoms with Crippen LogP contribution in [0.3, 0.4) is 0 Å². The van der Waals surface area contributed by atoms with Crippen molar-refractivity contribution in [1.29, 1.82) is 5.26 Å². The number of benzene rings is 1. The van der Waals surface area contributed by atoms with Gasteiger partial charge in [0, 0.05) is 18.0 Å². The summed E-state index contributed by atoms with van der Waals surface area (Å²) in [5, 5.41) is 13.8. The van der Waals surface area contributed by atoms with Gasteiger partial charge < -0.3 is 9.73 Å². The number of aromatic nitrogens is 1. The lowest BCUT2D eigenvalue weighted by molar-refractivity contribution is 0.617. The predicted molar refractivity (Wildman–Crippen MR) is 71.6 cm³/mol. The number of hydrogen-bond donors (Lipinski definition) is 1. The molecule has 0 fully saturated rings. The molecule has 0 spiro atoms. The Balaban J connectivity index is 2.26. The zero-order valence-electron chi connectivity index (χ0n) is 9.60. The lowest BCUT2D eigenvalue weighted by atomic mass is 10.1. The minimum Gasteiger partial charge on any atom is -0.464 e. The van der Waals surface area contributed by atoms with Crippen LogP contribution in [0.5, 0.6) is 0 Å². The summed E-state index contributed by atoms with van der Waals surface area (Å²) in [6, 6.07) is 9.90. The lowest BCUT2D eigenvalue weighted by Gasteiger charge is -1.93. The first-order valence-electron chi connectivity index (χ1n) is 5.38. The van der Waals surface area contributed by atoms with Gasteiger partial charge in [-0.3, -0.25) is 0 Å². The normalized spacial score (nSPS) is 10.4. The molecule has 0 unspecified atom stereocenters. The number of nitrogens with zero attached hydrogens (tertiary/aromatic N) is 2. The topological polar surface area (TPSA) is 61.9 Å². The van der Waals surface area contributed by atoms with E-state index in [4.69, 9.17) is 9.68 Å². The number of rotatable bonds is 2. The molecule has 5 heteroatoms. The van der Waals surface area contributed by atoms with E-state index in [2.05, 4.69) is 16.4 Å². The van der Waals surface area contributed by atoms with Gasteiger partial charge in [0.05, 0.1) is 0 Å². The molecule has 4 nitrogen and oxygen atoms in total. The van der Waals surface area contributed by atoms with Gasteiger partial charge in [-0.25, -0.2) is 4.98 Å². The van der Waals surface area contributed by atoms with E-state index in [1.807, 2.05) is 24.3 Å². The summed E-state index contributed by atoms with van der Waals surface area (Å²) >= 11 is 1.34. The van der Waals surface area contributed by atoms with Gasteiger partial charge in [-0.2, -0.15) is 5.26 Å². The van der Waals surface area contributed by atoms with Crippen molar-refractivity contribution >= 4 is 27.4 Å². The Morgan fingerprint density at radius 3 is 3.00 bits per heavy atom. The summed E-state index contributed by atoms with van der Waals surface area (Å²) < 4.78 is 5.48. The smallest absolute Gasteiger partial charge is 0.184 e. The fourth-order valence-corrected chi connectivity index (χ4v) is 2.58. The number of furan rings is 1. The van der Waals surface area contributed by atoms with E-state index in [1.165, 1.54) is 11.3 Å². The number of fused-ring (bicyclic) bond motifs is 1. The molecule has 0 bridgehead atoms. The minimum atomic E-state index is 0.589. The van der Waals surface area contributed by atoms with Crippen LogP contribution in [0.25, 0.3) is 22.2 Å². The first kappa shape index (κ1) is 10.8. The highest BCUT2D eigenvalue weighted by molar-refractivity contribution is 7.16. The maximum atomic E-state index is 9.16. The van der Waals surface area contributed by atoms with Crippen LogP contribution in [-0.4, -0.2) is 12.0 Å². The third kappa shape index (κ3) is 1.55. The third-order valence-corrected chi connectivity index (χ3v) is 3.66. The van der Waals surface area contributed by atoms with Crippen molar-refractivity contribution in [3.63, 3.8) is 0 Å². The maximum absolute atomic E-state index is 9.16. The Bertz CT molecular complexity index is 751. The molecule has 2 aromatic heterocycles. The van der Waals surface area contributed by atoms with Crippen LogP contribution in [-0.2, 0) is 0 Å². The molecule has 18 heavy (non-hydrogen) atoms. The Labute approximate surface area is 107 Å². The molecule has 0 saturated heterocycles. The van der Waals surface area contributed by atoms with Crippen molar-refractivity contribution in [1.82, 2.24) is 4.98 Å². The predicted octanol–water partition coefficient (Wildman–Crippen LogP) is 3.47. The van der Waals surface area contributed by atoms with Crippen molar-refractivity contribution in [2.75, 3.05) is 12.4 Å². The van der Waals surface area contributed by atoms with Crippen LogP contribution in [0.15, 0.2) is 34.9 Å². The number of thiazole rings is 1. The molecule has 0 saturated carbocycles. The third-order valence-electron chi connectivity index (χ3n) is 2.68. The van der Waals surface area contributed by atoms with E-state index >= 15 is 0 Å². The van der Waals surface area contributed by atoms with Crippen LogP contribution in [0.2, 0.25) is 0 Å². The van der Waals surface area contributed by atoms with Crippen LogP contribution < -0.4 is 5.32 Å². The average Bonchev–Trinajstić information content (AvgIpc) is 3.01. The quantitative estimate of drug-likeness (QED) is 0.761. The zero-order chi connectivity index (χ0) is 12.5. The van der Waals surface area contributed by atoms with E-state index in [1.54, 1.807) is 13.3 Å². The summed E-state index contributed by atoms with van der Waals surface area (Å²) in [6.45, 7) is 0. The number of nitriles is 1. The Kier molecular flexibility index (Phi) is 2.50. The molecule has 0 aliphatic carbocycles. The van der Waals surface area contributed by atoms with Crippen molar-refractivity contribution in [2.45, 2.75) is 0 Å². The fourth-order valence-electron chi connectivity index (χ4n) is 1.85. The average molecular weight is 255 g/mol. The van der Waals surface area contributed by atoms with Gasteiger partial charge >= 0.3 is 0 Å². The van der Waals surface area contributed by atoms with E-state index in [0.29, 0.717) is 10.6 Å². The highest BCUT2D eigenvalue weighted by Crippen LogP contribution is 2.35. The maximum Gasteiger partial charge on any atom is 0.184 e. The number of anilines is 1. The number of para-hydroxylation sites is 1. The van der Waals surface area contributed by atoms with E-state index < -0.39 is 0 Å². The van der Waals surface area contributed by atoms with Gasteiger partial charge in [0.2, 0.25) is 0 Å². The minimum absolute atomic E-state index is 0.589. The van der Waals surface area contributed by atoms with Crippen molar-refractivity contribution in [3.05, 3.63) is 35.4 Å². The molecular weight excluding hydrogens is 246 g/mol. The molecule has 2 heterocycles.